The Morgan fingerprint density at radius 1 is 1.12 bits per heavy atom. The maximum atomic E-state index is 12.9. The summed E-state index contributed by atoms with van der Waals surface area (Å²) < 4.78 is 2.07. The van der Waals surface area contributed by atoms with Crippen molar-refractivity contribution in [3.8, 4) is 5.82 Å². The SMILES string of the molecule is Cc1ccc(-n2cnc3c(sc4nccc(N(C)C)c43)c2=O)nc1. The van der Waals surface area contributed by atoms with Crippen LogP contribution in [0.2, 0.25) is 0 Å². The summed E-state index contributed by atoms with van der Waals surface area (Å²) >= 11 is 1.37. The number of thiophene rings is 1. The van der Waals surface area contributed by atoms with Crippen LogP contribution in [-0.4, -0.2) is 33.6 Å². The summed E-state index contributed by atoms with van der Waals surface area (Å²) in [7, 11) is 3.94. The number of hydrogen-bond donors (Lipinski definition) is 0. The van der Waals surface area contributed by atoms with Gasteiger partial charge >= 0.3 is 0 Å². The lowest BCUT2D eigenvalue weighted by Crippen LogP contribution is -2.18. The minimum Gasteiger partial charge on any atom is -0.377 e. The van der Waals surface area contributed by atoms with E-state index >= 15 is 0 Å². The van der Waals surface area contributed by atoms with Crippen LogP contribution >= 0.6 is 11.3 Å². The van der Waals surface area contributed by atoms with Crippen LogP contribution in [0.1, 0.15) is 5.56 Å². The first-order chi connectivity index (χ1) is 11.6. The molecule has 0 bridgehead atoms. The van der Waals surface area contributed by atoms with Gasteiger partial charge < -0.3 is 4.90 Å². The molecular formula is C17H15N5OS. The summed E-state index contributed by atoms with van der Waals surface area (Å²) in [4.78, 5) is 29.0. The molecule has 4 aromatic heterocycles. The molecule has 0 aromatic carbocycles. The van der Waals surface area contributed by atoms with Gasteiger partial charge in [-0.05, 0) is 24.6 Å². The van der Waals surface area contributed by atoms with E-state index in [1.54, 1.807) is 18.7 Å². The number of fused-ring (bicyclic) bond motifs is 3. The predicted octanol–water partition coefficient (Wildman–Crippen LogP) is 2.76. The fourth-order valence-electron chi connectivity index (χ4n) is 2.68. The van der Waals surface area contributed by atoms with Gasteiger partial charge in [0.15, 0.2) is 0 Å². The quantitative estimate of drug-likeness (QED) is 0.563. The molecule has 0 atom stereocenters. The average Bonchev–Trinajstić information content (AvgIpc) is 2.96. The van der Waals surface area contributed by atoms with Gasteiger partial charge in [-0.3, -0.25) is 4.79 Å². The lowest BCUT2D eigenvalue weighted by molar-refractivity contribution is 0.921. The molecule has 6 nitrogen and oxygen atoms in total. The highest BCUT2D eigenvalue weighted by atomic mass is 32.1. The Balaban J connectivity index is 2.04. The number of rotatable bonds is 2. The molecule has 4 aromatic rings. The minimum absolute atomic E-state index is 0.121. The van der Waals surface area contributed by atoms with Gasteiger partial charge in [0.2, 0.25) is 0 Å². The summed E-state index contributed by atoms with van der Waals surface area (Å²) in [5.74, 6) is 0.568. The van der Waals surface area contributed by atoms with Gasteiger partial charge in [-0.15, -0.1) is 11.3 Å². The van der Waals surface area contributed by atoms with Crippen molar-refractivity contribution < 1.29 is 0 Å². The van der Waals surface area contributed by atoms with Gasteiger partial charge in [-0.2, -0.15) is 0 Å². The Labute approximate surface area is 142 Å². The van der Waals surface area contributed by atoms with E-state index in [0.29, 0.717) is 16.0 Å². The van der Waals surface area contributed by atoms with E-state index in [9.17, 15) is 4.79 Å². The van der Waals surface area contributed by atoms with Crippen molar-refractivity contribution in [3.63, 3.8) is 0 Å². The van der Waals surface area contributed by atoms with Crippen LogP contribution in [0.3, 0.4) is 0 Å². The smallest absolute Gasteiger partial charge is 0.277 e. The Morgan fingerprint density at radius 3 is 2.67 bits per heavy atom. The highest BCUT2D eigenvalue weighted by Crippen LogP contribution is 2.35. The molecule has 7 heteroatoms. The molecule has 0 aliphatic heterocycles. The second-order valence-electron chi connectivity index (χ2n) is 5.80. The molecule has 0 saturated carbocycles. The van der Waals surface area contributed by atoms with Crippen molar-refractivity contribution in [2.24, 2.45) is 0 Å². The summed E-state index contributed by atoms with van der Waals surface area (Å²) in [6, 6.07) is 5.68. The Morgan fingerprint density at radius 2 is 1.96 bits per heavy atom. The topological polar surface area (TPSA) is 63.9 Å². The summed E-state index contributed by atoms with van der Waals surface area (Å²) in [5, 5.41) is 0.920. The van der Waals surface area contributed by atoms with E-state index in [2.05, 4.69) is 15.0 Å². The Kier molecular flexibility index (Phi) is 3.31. The van der Waals surface area contributed by atoms with Gasteiger partial charge in [-0.1, -0.05) is 6.07 Å². The average molecular weight is 337 g/mol. The summed E-state index contributed by atoms with van der Waals surface area (Å²) in [6.45, 7) is 1.96. The van der Waals surface area contributed by atoms with Crippen LogP contribution in [0.5, 0.6) is 0 Å². The van der Waals surface area contributed by atoms with Crippen molar-refractivity contribution in [2.45, 2.75) is 6.92 Å². The number of aromatic nitrogens is 4. The largest absolute Gasteiger partial charge is 0.377 e. The van der Waals surface area contributed by atoms with Gasteiger partial charge in [0, 0.05) is 26.5 Å². The highest BCUT2D eigenvalue weighted by molar-refractivity contribution is 7.25. The van der Waals surface area contributed by atoms with Crippen LogP contribution in [0, 0.1) is 6.92 Å². The number of hydrogen-bond acceptors (Lipinski definition) is 6. The molecule has 0 aliphatic rings. The molecule has 0 radical (unpaired) electrons. The number of nitrogens with zero attached hydrogens (tertiary/aromatic N) is 5. The van der Waals surface area contributed by atoms with E-state index < -0.39 is 0 Å². The van der Waals surface area contributed by atoms with Gasteiger partial charge in [-0.25, -0.2) is 19.5 Å². The number of aryl methyl sites for hydroxylation is 1. The normalized spacial score (nSPS) is 11.3. The molecule has 4 heterocycles. The molecule has 0 spiro atoms. The monoisotopic (exact) mass is 337 g/mol. The van der Waals surface area contributed by atoms with E-state index in [-0.39, 0.29) is 5.56 Å². The third kappa shape index (κ3) is 2.16. The van der Waals surface area contributed by atoms with Crippen LogP contribution in [0.4, 0.5) is 5.69 Å². The lowest BCUT2D eigenvalue weighted by atomic mass is 10.2. The fourth-order valence-corrected chi connectivity index (χ4v) is 3.72. The van der Waals surface area contributed by atoms with Crippen molar-refractivity contribution in [2.75, 3.05) is 19.0 Å². The van der Waals surface area contributed by atoms with Crippen LogP contribution in [-0.2, 0) is 0 Å². The molecule has 4 rings (SSSR count). The zero-order valence-corrected chi connectivity index (χ0v) is 14.3. The Bertz CT molecular complexity index is 1110. The van der Waals surface area contributed by atoms with Crippen LogP contribution in [0.25, 0.3) is 26.3 Å². The van der Waals surface area contributed by atoms with Crippen molar-refractivity contribution in [1.82, 2.24) is 19.5 Å². The maximum absolute atomic E-state index is 12.9. The molecule has 0 fully saturated rings. The highest BCUT2D eigenvalue weighted by Gasteiger charge is 2.17. The molecular weight excluding hydrogens is 322 g/mol. The minimum atomic E-state index is -0.121. The predicted molar refractivity (Wildman–Crippen MR) is 97.4 cm³/mol. The van der Waals surface area contributed by atoms with Gasteiger partial charge in [0.1, 0.15) is 27.2 Å². The van der Waals surface area contributed by atoms with E-state index in [1.165, 1.54) is 15.9 Å². The second kappa shape index (κ2) is 5.38. The molecule has 24 heavy (non-hydrogen) atoms. The first-order valence-corrected chi connectivity index (χ1v) is 8.27. The van der Waals surface area contributed by atoms with Crippen molar-refractivity contribution in [1.29, 1.82) is 0 Å². The van der Waals surface area contributed by atoms with Gasteiger partial charge in [0.25, 0.3) is 5.56 Å². The third-order valence-electron chi connectivity index (χ3n) is 3.88. The number of anilines is 1. The maximum Gasteiger partial charge on any atom is 0.277 e. The zero-order chi connectivity index (χ0) is 16.8. The van der Waals surface area contributed by atoms with Crippen molar-refractivity contribution in [3.05, 3.63) is 52.8 Å². The van der Waals surface area contributed by atoms with Crippen LogP contribution < -0.4 is 10.5 Å². The zero-order valence-electron chi connectivity index (χ0n) is 13.5. The van der Waals surface area contributed by atoms with E-state index in [4.69, 9.17) is 0 Å². The van der Waals surface area contributed by atoms with Gasteiger partial charge in [0.05, 0.1) is 11.1 Å². The molecule has 120 valence electrons. The molecule has 0 unspecified atom stereocenters. The fraction of sp³-hybridized carbons (Fsp3) is 0.176. The summed E-state index contributed by atoms with van der Waals surface area (Å²) in [5.41, 5.74) is 2.62. The second-order valence-corrected chi connectivity index (χ2v) is 6.80. The lowest BCUT2D eigenvalue weighted by Gasteiger charge is -2.13. The van der Waals surface area contributed by atoms with E-state index in [0.717, 1.165) is 21.5 Å². The van der Waals surface area contributed by atoms with E-state index in [1.807, 2.05) is 44.1 Å². The standard InChI is InChI=1S/C17H15N5OS/c1-10-4-5-12(19-8-10)22-9-20-14-13-11(21(2)3)6-7-18-16(13)24-15(14)17(22)23/h4-9H,1-3H3. The first-order valence-electron chi connectivity index (χ1n) is 7.45. The molecule has 0 saturated heterocycles. The third-order valence-corrected chi connectivity index (χ3v) is 4.96. The first kappa shape index (κ1) is 14.8. The summed E-state index contributed by atoms with van der Waals surface area (Å²) in [6.07, 6.45) is 5.04. The molecule has 0 aliphatic carbocycles. The van der Waals surface area contributed by atoms with Crippen molar-refractivity contribution >= 4 is 37.5 Å². The molecule has 0 N–H and O–H groups in total. The Hall–Kier alpha value is -2.80. The number of pyridine rings is 2. The molecule has 0 amide bonds. The van der Waals surface area contributed by atoms with Crippen LogP contribution in [0.15, 0.2) is 41.7 Å².